The van der Waals surface area contributed by atoms with Crippen LogP contribution in [0.2, 0.25) is 0 Å². The molecule has 0 saturated heterocycles. The Morgan fingerprint density at radius 1 is 0.944 bits per heavy atom. The molecule has 3 aromatic carbocycles. The second kappa shape index (κ2) is 11.4. The van der Waals surface area contributed by atoms with E-state index in [4.69, 9.17) is 13.9 Å². The van der Waals surface area contributed by atoms with Gasteiger partial charge in [0.2, 0.25) is 0 Å². The second-order valence-electron chi connectivity index (χ2n) is 8.59. The molecule has 0 radical (unpaired) electrons. The van der Waals surface area contributed by atoms with Crippen molar-refractivity contribution in [2.75, 3.05) is 13.2 Å². The van der Waals surface area contributed by atoms with E-state index in [2.05, 4.69) is 5.32 Å². The Labute approximate surface area is 208 Å². The van der Waals surface area contributed by atoms with Gasteiger partial charge < -0.3 is 19.2 Å². The molecule has 0 aliphatic carbocycles. The molecule has 1 aromatic heterocycles. The summed E-state index contributed by atoms with van der Waals surface area (Å²) in [6.45, 7) is 4.21. The summed E-state index contributed by atoms with van der Waals surface area (Å²) >= 11 is 0. The van der Waals surface area contributed by atoms with E-state index >= 15 is 0 Å². The Morgan fingerprint density at radius 3 is 2.47 bits per heavy atom. The lowest BCUT2D eigenvalue weighted by molar-refractivity contribution is -0.136. The summed E-state index contributed by atoms with van der Waals surface area (Å²) in [5.74, 6) is -0.0167. The molecular formula is C29H27NO6. The van der Waals surface area contributed by atoms with Gasteiger partial charge in [0.25, 0.3) is 5.91 Å². The predicted molar refractivity (Wildman–Crippen MR) is 137 cm³/mol. The molecule has 0 bridgehead atoms. The topological polar surface area (TPSA) is 94.8 Å². The van der Waals surface area contributed by atoms with Crippen LogP contribution in [0, 0.1) is 0 Å². The number of hydrogen-bond acceptors (Lipinski definition) is 6. The van der Waals surface area contributed by atoms with E-state index in [1.807, 2.05) is 68.4 Å². The molecule has 1 N–H and O–H groups in total. The normalized spacial score (nSPS) is 10.9. The maximum Gasteiger partial charge on any atom is 0.349 e. The van der Waals surface area contributed by atoms with Crippen molar-refractivity contribution in [3.8, 4) is 11.5 Å². The highest BCUT2D eigenvalue weighted by Crippen LogP contribution is 2.26. The average molecular weight is 486 g/mol. The van der Waals surface area contributed by atoms with Crippen molar-refractivity contribution >= 4 is 22.8 Å². The van der Waals surface area contributed by atoms with Gasteiger partial charge in [-0.2, -0.15) is 0 Å². The van der Waals surface area contributed by atoms with Crippen LogP contribution in [0.4, 0.5) is 0 Å². The number of benzene rings is 3. The molecule has 0 spiro atoms. The lowest BCUT2D eigenvalue weighted by atomic mass is 10.0. The van der Waals surface area contributed by atoms with Crippen molar-refractivity contribution in [3.05, 3.63) is 106 Å². The predicted octanol–water partition coefficient (Wildman–Crippen LogP) is 4.87. The highest BCUT2D eigenvalue weighted by molar-refractivity contribution is 5.96. The van der Waals surface area contributed by atoms with Crippen LogP contribution in [-0.2, 0) is 11.2 Å². The van der Waals surface area contributed by atoms with Crippen LogP contribution >= 0.6 is 0 Å². The molecule has 7 heteroatoms. The fraction of sp³-hybridized carbons (Fsp3) is 0.207. The average Bonchev–Trinajstić information content (AvgIpc) is 2.87. The number of fused-ring (bicyclic) bond motifs is 1. The zero-order valence-electron chi connectivity index (χ0n) is 20.2. The zero-order valence-corrected chi connectivity index (χ0v) is 20.2. The second-order valence-corrected chi connectivity index (χ2v) is 8.59. The van der Waals surface area contributed by atoms with Crippen LogP contribution in [0.25, 0.3) is 11.0 Å². The summed E-state index contributed by atoms with van der Waals surface area (Å²) in [6, 6.07) is 23.3. The van der Waals surface area contributed by atoms with Crippen LogP contribution < -0.4 is 20.4 Å². The standard InChI is InChI=1S/C29H27NO6/c1-19(2)23-10-6-7-11-25(23)34-18-27(31)35-22-13-12-21-16-24(29(33)36-26(21)17-22)28(32)30-15-14-20-8-4-3-5-9-20/h3-13,16-17,19H,14-15,18H2,1-2H3,(H,30,32). The molecule has 184 valence electrons. The molecule has 1 amide bonds. The first-order valence-corrected chi connectivity index (χ1v) is 11.7. The molecule has 0 aliphatic heterocycles. The maximum absolute atomic E-state index is 12.5. The molecule has 7 nitrogen and oxygen atoms in total. The quantitative estimate of drug-likeness (QED) is 0.206. The molecule has 4 rings (SSSR count). The van der Waals surface area contributed by atoms with Crippen LogP contribution in [0.5, 0.6) is 11.5 Å². The van der Waals surface area contributed by atoms with Gasteiger partial charge in [0.15, 0.2) is 6.61 Å². The summed E-state index contributed by atoms with van der Waals surface area (Å²) in [5.41, 5.74) is 1.43. The third-order valence-electron chi connectivity index (χ3n) is 5.61. The molecule has 0 aliphatic rings. The Morgan fingerprint density at radius 2 is 1.69 bits per heavy atom. The Kier molecular flexibility index (Phi) is 7.80. The molecule has 0 fully saturated rings. The number of nitrogens with one attached hydrogen (secondary N) is 1. The number of para-hydroxylation sites is 1. The number of carbonyl (C=O) groups excluding carboxylic acids is 2. The third-order valence-corrected chi connectivity index (χ3v) is 5.61. The van der Waals surface area contributed by atoms with Crippen molar-refractivity contribution < 1.29 is 23.5 Å². The minimum Gasteiger partial charge on any atom is -0.482 e. The summed E-state index contributed by atoms with van der Waals surface area (Å²) in [6.07, 6.45) is 0.646. The lowest BCUT2D eigenvalue weighted by Gasteiger charge is -2.13. The molecule has 1 heterocycles. The molecular weight excluding hydrogens is 458 g/mol. The van der Waals surface area contributed by atoms with Gasteiger partial charge in [-0.3, -0.25) is 4.79 Å². The molecule has 0 saturated carbocycles. The van der Waals surface area contributed by atoms with Crippen molar-refractivity contribution in [1.29, 1.82) is 0 Å². The molecule has 0 unspecified atom stereocenters. The van der Waals surface area contributed by atoms with E-state index in [1.54, 1.807) is 12.1 Å². The van der Waals surface area contributed by atoms with Gasteiger partial charge in [-0.1, -0.05) is 62.4 Å². The molecule has 0 atom stereocenters. The van der Waals surface area contributed by atoms with Gasteiger partial charge in [0.05, 0.1) is 0 Å². The van der Waals surface area contributed by atoms with Gasteiger partial charge in [0, 0.05) is 18.0 Å². The number of hydrogen-bond donors (Lipinski definition) is 1. The van der Waals surface area contributed by atoms with E-state index in [9.17, 15) is 14.4 Å². The van der Waals surface area contributed by atoms with E-state index in [1.165, 1.54) is 12.1 Å². The van der Waals surface area contributed by atoms with E-state index in [0.717, 1.165) is 11.1 Å². The highest BCUT2D eigenvalue weighted by atomic mass is 16.6. The van der Waals surface area contributed by atoms with Crippen LogP contribution in [0.3, 0.4) is 0 Å². The van der Waals surface area contributed by atoms with Gasteiger partial charge in [0.1, 0.15) is 22.6 Å². The SMILES string of the molecule is CC(C)c1ccccc1OCC(=O)Oc1ccc2cc(C(=O)NCCc3ccccc3)c(=O)oc2c1. The number of ether oxygens (including phenoxy) is 2. The van der Waals surface area contributed by atoms with Crippen molar-refractivity contribution in [3.63, 3.8) is 0 Å². The molecule has 36 heavy (non-hydrogen) atoms. The zero-order chi connectivity index (χ0) is 25.5. The highest BCUT2D eigenvalue weighted by Gasteiger charge is 2.15. The Bertz CT molecular complexity index is 1420. The fourth-order valence-corrected chi connectivity index (χ4v) is 3.76. The number of esters is 1. The van der Waals surface area contributed by atoms with Crippen LogP contribution in [0.15, 0.2) is 88.1 Å². The van der Waals surface area contributed by atoms with E-state index < -0.39 is 17.5 Å². The van der Waals surface area contributed by atoms with Crippen molar-refractivity contribution in [2.24, 2.45) is 0 Å². The fourth-order valence-electron chi connectivity index (χ4n) is 3.76. The summed E-state index contributed by atoms with van der Waals surface area (Å²) in [4.78, 5) is 37.3. The summed E-state index contributed by atoms with van der Waals surface area (Å²) in [5, 5.41) is 3.28. The number of carbonyl (C=O) groups is 2. The van der Waals surface area contributed by atoms with Crippen molar-refractivity contribution in [2.45, 2.75) is 26.2 Å². The lowest BCUT2D eigenvalue weighted by Crippen LogP contribution is -2.29. The first-order chi connectivity index (χ1) is 17.4. The molecule has 4 aromatic rings. The van der Waals surface area contributed by atoms with Gasteiger partial charge in [-0.15, -0.1) is 0 Å². The number of amides is 1. The summed E-state index contributed by atoms with van der Waals surface area (Å²) in [7, 11) is 0. The van der Waals surface area contributed by atoms with Gasteiger partial charge >= 0.3 is 11.6 Å². The monoisotopic (exact) mass is 485 g/mol. The summed E-state index contributed by atoms with van der Waals surface area (Å²) < 4.78 is 16.3. The van der Waals surface area contributed by atoms with Crippen LogP contribution in [-0.4, -0.2) is 25.0 Å². The first-order valence-electron chi connectivity index (χ1n) is 11.7. The minimum absolute atomic E-state index is 0.0856. The Hall–Kier alpha value is -4.39. The van der Waals surface area contributed by atoms with Gasteiger partial charge in [-0.05, 0) is 47.7 Å². The van der Waals surface area contributed by atoms with E-state index in [0.29, 0.717) is 24.1 Å². The third kappa shape index (κ3) is 6.18. The first kappa shape index (κ1) is 24.7. The largest absolute Gasteiger partial charge is 0.482 e. The number of rotatable bonds is 9. The smallest absolute Gasteiger partial charge is 0.349 e. The van der Waals surface area contributed by atoms with E-state index in [-0.39, 0.29) is 29.4 Å². The van der Waals surface area contributed by atoms with Crippen molar-refractivity contribution in [1.82, 2.24) is 5.32 Å². The van der Waals surface area contributed by atoms with Crippen LogP contribution in [0.1, 0.15) is 41.3 Å². The Balaban J connectivity index is 1.38. The maximum atomic E-state index is 12.5. The minimum atomic E-state index is -0.767. The van der Waals surface area contributed by atoms with Gasteiger partial charge in [-0.25, -0.2) is 9.59 Å².